The van der Waals surface area contributed by atoms with Gasteiger partial charge in [0.2, 0.25) is 0 Å². The highest BCUT2D eigenvalue weighted by Crippen LogP contribution is 2.56. The van der Waals surface area contributed by atoms with Crippen LogP contribution in [0.4, 0.5) is 5.82 Å². The lowest BCUT2D eigenvalue weighted by Gasteiger charge is -2.59. The van der Waals surface area contributed by atoms with Gasteiger partial charge in [0.1, 0.15) is 18.0 Å². The minimum atomic E-state index is 0.276. The van der Waals surface area contributed by atoms with E-state index in [9.17, 15) is 0 Å². The van der Waals surface area contributed by atoms with E-state index in [1.165, 1.54) is 24.1 Å². The number of halogens is 1. The van der Waals surface area contributed by atoms with Gasteiger partial charge in [-0.25, -0.2) is 9.97 Å². The first kappa shape index (κ1) is 19.0. The zero-order valence-electron chi connectivity index (χ0n) is 18.2. The standard InChI is InChI=1S/C24H26ClN7/c1-23(5-6-23)31-11-16-8-18(25)2-3-19(16)32-21(12-31)28-29-22(32)17-9-24(10-17)13-30(14-24)20-4-7-26-15-27-20/h2-4,7-8,15,17H,5-6,9-14H2,1H3. The van der Waals surface area contributed by atoms with Gasteiger partial charge >= 0.3 is 0 Å². The van der Waals surface area contributed by atoms with E-state index in [1.807, 2.05) is 18.3 Å². The average Bonchev–Trinajstić information content (AvgIpc) is 3.40. The molecule has 3 fully saturated rings. The second-order valence-electron chi connectivity index (χ2n) is 10.5. The van der Waals surface area contributed by atoms with Crippen LogP contribution in [-0.4, -0.2) is 48.3 Å². The zero-order chi connectivity index (χ0) is 21.5. The first-order valence-electron chi connectivity index (χ1n) is 11.5. The van der Waals surface area contributed by atoms with Crippen molar-refractivity contribution < 1.29 is 0 Å². The van der Waals surface area contributed by atoms with Crippen molar-refractivity contribution in [1.29, 1.82) is 0 Å². The second kappa shape index (κ2) is 6.51. The van der Waals surface area contributed by atoms with Crippen LogP contribution in [0.5, 0.6) is 0 Å². The summed E-state index contributed by atoms with van der Waals surface area (Å²) in [5.74, 6) is 3.67. The Morgan fingerprint density at radius 2 is 1.91 bits per heavy atom. The van der Waals surface area contributed by atoms with Crippen LogP contribution >= 0.6 is 11.6 Å². The topological polar surface area (TPSA) is 63.0 Å². The minimum absolute atomic E-state index is 0.276. The summed E-state index contributed by atoms with van der Waals surface area (Å²) in [5, 5.41) is 10.2. The third-order valence-electron chi connectivity index (χ3n) is 8.13. The summed E-state index contributed by atoms with van der Waals surface area (Å²) >= 11 is 6.40. The Hall–Kier alpha value is -2.51. The van der Waals surface area contributed by atoms with E-state index < -0.39 is 0 Å². The number of anilines is 1. The number of aromatic nitrogens is 5. The van der Waals surface area contributed by atoms with E-state index in [2.05, 4.69) is 43.4 Å². The van der Waals surface area contributed by atoms with Crippen molar-refractivity contribution in [2.75, 3.05) is 18.0 Å². The normalized spacial score (nSPS) is 23.1. The van der Waals surface area contributed by atoms with Crippen molar-refractivity contribution in [3.8, 4) is 5.69 Å². The van der Waals surface area contributed by atoms with Gasteiger partial charge in [-0.1, -0.05) is 11.6 Å². The molecule has 2 aromatic heterocycles. The SMILES string of the molecule is CC1(N2Cc3cc(Cl)ccc3-n3c(nnc3C3CC4(C3)CN(c3ccncn3)C4)C2)CC1. The molecule has 0 atom stereocenters. The van der Waals surface area contributed by atoms with Crippen LogP contribution < -0.4 is 4.90 Å². The summed E-state index contributed by atoms with van der Waals surface area (Å²) in [7, 11) is 0. The van der Waals surface area contributed by atoms with Crippen molar-refractivity contribution in [3.05, 3.63) is 59.0 Å². The smallest absolute Gasteiger partial charge is 0.151 e. The Bertz CT molecular complexity index is 1190. The lowest BCUT2D eigenvalue weighted by Crippen LogP contribution is -2.62. The Kier molecular flexibility index (Phi) is 3.87. The molecule has 2 aliphatic heterocycles. The summed E-state index contributed by atoms with van der Waals surface area (Å²) in [6.45, 7) is 6.26. The number of hydrogen-bond acceptors (Lipinski definition) is 6. The second-order valence-corrected chi connectivity index (χ2v) is 10.9. The van der Waals surface area contributed by atoms with Gasteiger partial charge in [-0.2, -0.15) is 0 Å². The molecule has 3 aromatic rings. The monoisotopic (exact) mass is 447 g/mol. The predicted octanol–water partition coefficient (Wildman–Crippen LogP) is 3.96. The van der Waals surface area contributed by atoms with E-state index >= 15 is 0 Å². The molecule has 164 valence electrons. The van der Waals surface area contributed by atoms with Crippen molar-refractivity contribution in [1.82, 2.24) is 29.6 Å². The molecular weight excluding hydrogens is 422 g/mol. The largest absolute Gasteiger partial charge is 0.355 e. The van der Waals surface area contributed by atoms with Crippen molar-refractivity contribution in [3.63, 3.8) is 0 Å². The van der Waals surface area contributed by atoms with Crippen LogP contribution in [0.15, 0.2) is 36.8 Å². The van der Waals surface area contributed by atoms with Crippen LogP contribution in [-0.2, 0) is 13.1 Å². The summed E-state index contributed by atoms with van der Waals surface area (Å²) < 4.78 is 2.34. The summed E-state index contributed by atoms with van der Waals surface area (Å²) in [4.78, 5) is 13.3. The zero-order valence-corrected chi connectivity index (χ0v) is 19.0. The first-order valence-corrected chi connectivity index (χ1v) is 11.9. The molecule has 4 heterocycles. The lowest BCUT2D eigenvalue weighted by atomic mass is 9.57. The van der Waals surface area contributed by atoms with E-state index in [1.54, 1.807) is 6.33 Å². The highest BCUT2D eigenvalue weighted by atomic mass is 35.5. The van der Waals surface area contributed by atoms with Crippen LogP contribution in [0.25, 0.3) is 5.69 Å². The molecule has 0 amide bonds. The van der Waals surface area contributed by atoms with Gasteiger partial charge in [0, 0.05) is 47.7 Å². The predicted molar refractivity (Wildman–Crippen MR) is 122 cm³/mol. The van der Waals surface area contributed by atoms with Gasteiger partial charge in [0.05, 0.1) is 12.2 Å². The molecule has 2 aliphatic carbocycles. The van der Waals surface area contributed by atoms with E-state index in [0.717, 1.165) is 61.5 Å². The molecule has 32 heavy (non-hydrogen) atoms. The lowest BCUT2D eigenvalue weighted by molar-refractivity contribution is 0.0581. The Morgan fingerprint density at radius 3 is 2.66 bits per heavy atom. The molecule has 1 spiro atoms. The molecule has 0 bridgehead atoms. The van der Waals surface area contributed by atoms with E-state index in [-0.39, 0.29) is 5.54 Å². The molecular formula is C24H26ClN7. The Balaban J connectivity index is 1.17. The molecule has 1 aromatic carbocycles. The van der Waals surface area contributed by atoms with Gasteiger partial charge in [-0.15, -0.1) is 10.2 Å². The number of fused-ring (bicyclic) bond motifs is 3. The molecule has 1 saturated heterocycles. The van der Waals surface area contributed by atoms with E-state index in [0.29, 0.717) is 11.3 Å². The van der Waals surface area contributed by atoms with Gasteiger partial charge in [-0.3, -0.25) is 9.47 Å². The third-order valence-corrected chi connectivity index (χ3v) is 8.37. The maximum Gasteiger partial charge on any atom is 0.151 e. The third kappa shape index (κ3) is 2.83. The summed E-state index contributed by atoms with van der Waals surface area (Å²) in [6, 6.07) is 8.27. The fourth-order valence-corrected chi connectivity index (χ4v) is 6.19. The molecule has 2 saturated carbocycles. The Morgan fingerprint density at radius 1 is 1.06 bits per heavy atom. The van der Waals surface area contributed by atoms with Crippen molar-refractivity contribution in [2.45, 2.75) is 57.2 Å². The van der Waals surface area contributed by atoms with Crippen molar-refractivity contribution in [2.24, 2.45) is 5.41 Å². The number of rotatable bonds is 3. The number of hydrogen-bond donors (Lipinski definition) is 0. The van der Waals surface area contributed by atoms with Gasteiger partial charge in [0.15, 0.2) is 5.82 Å². The quantitative estimate of drug-likeness (QED) is 0.605. The van der Waals surface area contributed by atoms with Gasteiger partial charge in [0.25, 0.3) is 0 Å². The van der Waals surface area contributed by atoms with Gasteiger partial charge < -0.3 is 4.90 Å². The van der Waals surface area contributed by atoms with Crippen molar-refractivity contribution >= 4 is 17.4 Å². The van der Waals surface area contributed by atoms with Crippen LogP contribution in [0, 0.1) is 5.41 Å². The number of benzene rings is 1. The molecule has 7 rings (SSSR count). The minimum Gasteiger partial charge on any atom is -0.355 e. The molecule has 0 N–H and O–H groups in total. The first-order chi connectivity index (χ1) is 15.5. The molecule has 0 radical (unpaired) electrons. The van der Waals surface area contributed by atoms with Crippen LogP contribution in [0.3, 0.4) is 0 Å². The van der Waals surface area contributed by atoms with Gasteiger partial charge in [-0.05, 0) is 62.4 Å². The summed E-state index contributed by atoms with van der Waals surface area (Å²) in [5.41, 5.74) is 3.15. The fourth-order valence-electron chi connectivity index (χ4n) is 5.99. The van der Waals surface area contributed by atoms with E-state index in [4.69, 9.17) is 21.8 Å². The molecule has 0 unspecified atom stereocenters. The maximum absolute atomic E-state index is 6.40. The summed E-state index contributed by atoms with van der Waals surface area (Å²) in [6.07, 6.45) is 8.27. The molecule has 4 aliphatic rings. The Labute approximate surface area is 192 Å². The highest BCUT2D eigenvalue weighted by molar-refractivity contribution is 6.30. The number of nitrogens with zero attached hydrogens (tertiary/aromatic N) is 7. The maximum atomic E-state index is 6.40. The fraction of sp³-hybridized carbons (Fsp3) is 0.500. The highest BCUT2D eigenvalue weighted by Gasteiger charge is 2.54. The average molecular weight is 448 g/mol. The molecule has 8 heteroatoms. The van der Waals surface area contributed by atoms with Crippen LogP contribution in [0.2, 0.25) is 5.02 Å². The molecule has 7 nitrogen and oxygen atoms in total. The van der Waals surface area contributed by atoms with Crippen LogP contribution in [0.1, 0.15) is 55.7 Å².